The van der Waals surface area contributed by atoms with Gasteiger partial charge in [0.1, 0.15) is 11.9 Å². The van der Waals surface area contributed by atoms with Crippen LogP contribution in [0.4, 0.5) is 0 Å². The number of aromatic nitrogens is 3. The molecule has 6 nitrogen and oxygen atoms in total. The van der Waals surface area contributed by atoms with Gasteiger partial charge < -0.3 is 15.0 Å². The van der Waals surface area contributed by atoms with E-state index in [-0.39, 0.29) is 5.97 Å². The molecule has 0 aromatic carbocycles. The third kappa shape index (κ3) is 3.21. The fraction of sp³-hybridized carbons (Fsp3) is 0.667. The van der Waals surface area contributed by atoms with Gasteiger partial charge in [0.25, 0.3) is 0 Å². The second-order valence-electron chi connectivity index (χ2n) is 3.36. The van der Waals surface area contributed by atoms with Crippen molar-refractivity contribution in [1.29, 1.82) is 0 Å². The molecule has 90 valence electrons. The number of esters is 1. The monoisotopic (exact) mass is 244 g/mol. The fourth-order valence-corrected chi connectivity index (χ4v) is 2.04. The Hall–Kier alpha value is -1.08. The highest BCUT2D eigenvalue weighted by Gasteiger charge is 2.14. The molecule has 1 rings (SSSR count). The minimum Gasteiger partial charge on any atom is -0.468 e. The van der Waals surface area contributed by atoms with Crippen molar-refractivity contribution in [3.05, 3.63) is 5.82 Å². The highest BCUT2D eigenvalue weighted by Crippen LogP contribution is 2.16. The number of ether oxygens (including phenoxy) is 1. The maximum Gasteiger partial charge on any atom is 0.322 e. The maximum absolute atomic E-state index is 11.0. The number of nitrogens with zero attached hydrogens (tertiary/aromatic N) is 3. The zero-order valence-electron chi connectivity index (χ0n) is 9.64. The predicted octanol–water partition coefficient (Wildman–Crippen LogP) is 0.106. The molecule has 2 N–H and O–H groups in total. The van der Waals surface area contributed by atoms with Crippen LogP contribution in [0.3, 0.4) is 0 Å². The summed E-state index contributed by atoms with van der Waals surface area (Å²) in [6, 6.07) is -0.563. The minimum absolute atomic E-state index is 0.380. The summed E-state index contributed by atoms with van der Waals surface area (Å²) in [7, 11) is 3.24. The van der Waals surface area contributed by atoms with E-state index in [4.69, 9.17) is 5.73 Å². The molecular formula is C9H16N4O2S. The lowest BCUT2D eigenvalue weighted by atomic mass is 10.2. The lowest BCUT2D eigenvalue weighted by molar-refractivity contribution is -0.142. The van der Waals surface area contributed by atoms with E-state index in [1.807, 2.05) is 18.5 Å². The molecule has 0 aliphatic heterocycles. The van der Waals surface area contributed by atoms with Gasteiger partial charge >= 0.3 is 5.97 Å². The van der Waals surface area contributed by atoms with Crippen molar-refractivity contribution in [3.63, 3.8) is 0 Å². The summed E-state index contributed by atoms with van der Waals surface area (Å²) in [5.74, 6) is 1.19. The van der Waals surface area contributed by atoms with E-state index in [0.29, 0.717) is 12.2 Å². The number of rotatable bonds is 5. The van der Waals surface area contributed by atoms with Gasteiger partial charge in [0.05, 0.1) is 7.11 Å². The number of aryl methyl sites for hydroxylation is 1. The first-order chi connectivity index (χ1) is 7.56. The quantitative estimate of drug-likeness (QED) is 0.584. The average molecular weight is 244 g/mol. The Balaban J connectivity index is 2.36. The number of hydrogen-bond acceptors (Lipinski definition) is 6. The van der Waals surface area contributed by atoms with Gasteiger partial charge in [0.2, 0.25) is 0 Å². The van der Waals surface area contributed by atoms with Crippen LogP contribution < -0.4 is 5.73 Å². The van der Waals surface area contributed by atoms with Gasteiger partial charge in [0.15, 0.2) is 5.16 Å². The summed E-state index contributed by atoms with van der Waals surface area (Å²) in [5, 5.41) is 8.76. The van der Waals surface area contributed by atoms with E-state index in [0.717, 1.165) is 11.0 Å². The minimum atomic E-state index is -0.563. The molecule has 16 heavy (non-hydrogen) atoms. The molecule has 0 fully saturated rings. The van der Waals surface area contributed by atoms with Crippen LogP contribution >= 0.6 is 11.8 Å². The SMILES string of the molecule is COC(=O)C(N)CCSc1nnc(C)n1C. The van der Waals surface area contributed by atoms with Gasteiger partial charge in [-0.2, -0.15) is 0 Å². The van der Waals surface area contributed by atoms with Gasteiger partial charge in [-0.15, -0.1) is 10.2 Å². The molecule has 1 heterocycles. The van der Waals surface area contributed by atoms with Crippen molar-refractivity contribution in [2.45, 2.75) is 24.5 Å². The molecule has 1 atom stereocenters. The van der Waals surface area contributed by atoms with Crippen molar-refractivity contribution >= 4 is 17.7 Å². The molecule has 0 aliphatic rings. The van der Waals surface area contributed by atoms with Gasteiger partial charge in [0, 0.05) is 12.8 Å². The number of carbonyl (C=O) groups is 1. The van der Waals surface area contributed by atoms with Crippen molar-refractivity contribution in [2.75, 3.05) is 12.9 Å². The molecule has 0 saturated heterocycles. The summed E-state index contributed by atoms with van der Waals surface area (Å²) in [6.45, 7) is 1.89. The highest BCUT2D eigenvalue weighted by molar-refractivity contribution is 7.99. The highest BCUT2D eigenvalue weighted by atomic mass is 32.2. The molecular weight excluding hydrogens is 228 g/mol. The summed E-state index contributed by atoms with van der Waals surface area (Å²) in [6.07, 6.45) is 0.559. The number of methoxy groups -OCH3 is 1. The Morgan fingerprint density at radius 3 is 2.81 bits per heavy atom. The molecule has 1 unspecified atom stereocenters. The van der Waals surface area contributed by atoms with Gasteiger partial charge in [-0.1, -0.05) is 11.8 Å². The van der Waals surface area contributed by atoms with E-state index >= 15 is 0 Å². The van der Waals surface area contributed by atoms with Crippen molar-refractivity contribution in [3.8, 4) is 0 Å². The van der Waals surface area contributed by atoms with Crippen LogP contribution in [0, 0.1) is 6.92 Å². The molecule has 0 bridgehead atoms. The average Bonchev–Trinajstić information content (AvgIpc) is 2.59. The first kappa shape index (κ1) is 13.0. The number of carbonyl (C=O) groups excluding carboxylic acids is 1. The largest absolute Gasteiger partial charge is 0.468 e. The van der Waals surface area contributed by atoms with E-state index in [2.05, 4.69) is 14.9 Å². The van der Waals surface area contributed by atoms with Gasteiger partial charge in [-0.05, 0) is 13.3 Å². The second-order valence-corrected chi connectivity index (χ2v) is 4.42. The molecule has 0 radical (unpaired) electrons. The smallest absolute Gasteiger partial charge is 0.322 e. The lowest BCUT2D eigenvalue weighted by Crippen LogP contribution is -2.32. The van der Waals surface area contributed by atoms with Crippen LogP contribution in [0.1, 0.15) is 12.2 Å². The molecule has 7 heteroatoms. The Labute approximate surface area is 98.6 Å². The Kier molecular flexibility index (Phi) is 4.75. The van der Waals surface area contributed by atoms with Crippen LogP contribution in [-0.4, -0.2) is 39.6 Å². The zero-order chi connectivity index (χ0) is 12.1. The lowest BCUT2D eigenvalue weighted by Gasteiger charge is -2.08. The number of nitrogens with two attached hydrogens (primary N) is 1. The third-order valence-corrected chi connectivity index (χ3v) is 3.27. The number of hydrogen-bond donors (Lipinski definition) is 1. The molecule has 1 aromatic rings. The van der Waals surface area contributed by atoms with Gasteiger partial charge in [-0.3, -0.25) is 4.79 Å². The Morgan fingerprint density at radius 1 is 1.62 bits per heavy atom. The van der Waals surface area contributed by atoms with Crippen molar-refractivity contribution in [1.82, 2.24) is 14.8 Å². The van der Waals surface area contributed by atoms with Crippen LogP contribution in [0.25, 0.3) is 0 Å². The summed E-state index contributed by atoms with van der Waals surface area (Å²) in [5.41, 5.74) is 5.60. The third-order valence-electron chi connectivity index (χ3n) is 2.22. The molecule has 1 aromatic heterocycles. The van der Waals surface area contributed by atoms with E-state index < -0.39 is 6.04 Å². The standard InChI is InChI=1S/C9H16N4O2S/c1-6-11-12-9(13(6)2)16-5-4-7(10)8(14)15-3/h7H,4-5,10H2,1-3H3. The second kappa shape index (κ2) is 5.86. The topological polar surface area (TPSA) is 83.0 Å². The molecule has 0 aliphatic carbocycles. The summed E-state index contributed by atoms with van der Waals surface area (Å²) >= 11 is 1.53. The Bertz CT molecular complexity index is 366. The van der Waals surface area contributed by atoms with E-state index in [1.54, 1.807) is 0 Å². The van der Waals surface area contributed by atoms with E-state index in [1.165, 1.54) is 18.9 Å². The first-order valence-electron chi connectivity index (χ1n) is 4.88. The summed E-state index contributed by atoms with van der Waals surface area (Å²) in [4.78, 5) is 11.0. The van der Waals surface area contributed by atoms with Crippen LogP contribution in [0.15, 0.2) is 5.16 Å². The molecule has 0 amide bonds. The van der Waals surface area contributed by atoms with Gasteiger partial charge in [-0.25, -0.2) is 0 Å². The van der Waals surface area contributed by atoms with Crippen molar-refractivity contribution in [2.24, 2.45) is 12.8 Å². The van der Waals surface area contributed by atoms with Crippen LogP contribution in [0.5, 0.6) is 0 Å². The molecule has 0 saturated carbocycles. The summed E-state index contributed by atoms with van der Waals surface area (Å²) < 4.78 is 6.43. The predicted molar refractivity (Wildman–Crippen MR) is 61.1 cm³/mol. The number of thioether (sulfide) groups is 1. The Morgan fingerprint density at radius 2 is 2.31 bits per heavy atom. The molecule has 0 spiro atoms. The first-order valence-corrected chi connectivity index (χ1v) is 5.87. The fourth-order valence-electron chi connectivity index (χ4n) is 1.06. The van der Waals surface area contributed by atoms with Crippen LogP contribution in [0.2, 0.25) is 0 Å². The van der Waals surface area contributed by atoms with Crippen LogP contribution in [-0.2, 0) is 16.6 Å². The normalized spacial score (nSPS) is 12.5. The zero-order valence-corrected chi connectivity index (χ0v) is 10.5. The van der Waals surface area contributed by atoms with E-state index in [9.17, 15) is 4.79 Å². The van der Waals surface area contributed by atoms with Crippen molar-refractivity contribution < 1.29 is 9.53 Å². The maximum atomic E-state index is 11.0.